The van der Waals surface area contributed by atoms with Crippen LogP contribution in [0.3, 0.4) is 0 Å². The van der Waals surface area contributed by atoms with Gasteiger partial charge in [0.25, 0.3) is 0 Å². The average molecular weight is 308 g/mol. The van der Waals surface area contributed by atoms with Crippen LogP contribution in [0.25, 0.3) is 0 Å². The molecular weight excluding hydrogens is 291 g/mol. The molecule has 1 fully saturated rings. The molecule has 2 unspecified atom stereocenters. The Kier molecular flexibility index (Phi) is 4.81. The number of alkyl halides is 3. The zero-order valence-corrected chi connectivity index (χ0v) is 11.6. The number of nitrogens with one attached hydrogen (secondary N) is 1. The number of aliphatic hydroxyl groups is 1. The summed E-state index contributed by atoms with van der Waals surface area (Å²) in [7, 11) is 0. The third-order valence-corrected chi connectivity index (χ3v) is 3.93. The van der Waals surface area contributed by atoms with E-state index in [9.17, 15) is 18.3 Å². The fourth-order valence-corrected chi connectivity index (χ4v) is 2.73. The normalized spacial score (nSPS) is 24.2. The molecule has 2 N–H and O–H groups in total. The summed E-state index contributed by atoms with van der Waals surface area (Å²) in [6, 6.07) is 3.53. The fraction of sp³-hybridized carbons (Fsp3) is 0.571. The first-order chi connectivity index (χ1) is 9.38. The highest BCUT2D eigenvalue weighted by atomic mass is 35.5. The van der Waals surface area contributed by atoms with Crippen molar-refractivity contribution >= 4 is 17.3 Å². The van der Waals surface area contributed by atoms with Crippen LogP contribution in [0.15, 0.2) is 18.2 Å². The summed E-state index contributed by atoms with van der Waals surface area (Å²) >= 11 is 5.58. The standard InChI is InChI=1S/C14H17ClF3NO/c15-11-7-6-9(8-10(11)14(16,17)18)19-12-4-2-1-3-5-13(12)20/h6-8,12-13,19-20H,1-5H2. The number of aliphatic hydroxyl groups excluding tert-OH is 1. The Labute approximate surface area is 120 Å². The van der Waals surface area contributed by atoms with Gasteiger partial charge in [-0.2, -0.15) is 13.2 Å². The lowest BCUT2D eigenvalue weighted by Crippen LogP contribution is -2.32. The lowest BCUT2D eigenvalue weighted by Gasteiger charge is -2.23. The summed E-state index contributed by atoms with van der Waals surface area (Å²) in [6.45, 7) is 0. The van der Waals surface area contributed by atoms with Crippen molar-refractivity contribution in [2.24, 2.45) is 0 Å². The third-order valence-electron chi connectivity index (χ3n) is 3.60. The molecule has 1 saturated carbocycles. The van der Waals surface area contributed by atoms with Crippen LogP contribution in [0, 0.1) is 0 Å². The lowest BCUT2D eigenvalue weighted by molar-refractivity contribution is -0.137. The zero-order valence-electron chi connectivity index (χ0n) is 10.9. The topological polar surface area (TPSA) is 32.3 Å². The van der Waals surface area contributed by atoms with Crippen molar-refractivity contribution in [2.45, 2.75) is 50.4 Å². The number of anilines is 1. The van der Waals surface area contributed by atoms with Gasteiger partial charge in [0, 0.05) is 5.69 Å². The highest BCUT2D eigenvalue weighted by Gasteiger charge is 2.33. The first-order valence-corrected chi connectivity index (χ1v) is 7.07. The molecule has 112 valence electrons. The molecule has 2 rings (SSSR count). The number of hydrogen-bond acceptors (Lipinski definition) is 2. The molecule has 2 atom stereocenters. The van der Waals surface area contributed by atoms with E-state index in [0.29, 0.717) is 12.1 Å². The van der Waals surface area contributed by atoms with E-state index >= 15 is 0 Å². The van der Waals surface area contributed by atoms with Crippen LogP contribution in [0.2, 0.25) is 5.02 Å². The van der Waals surface area contributed by atoms with Crippen molar-refractivity contribution in [3.05, 3.63) is 28.8 Å². The van der Waals surface area contributed by atoms with E-state index in [0.717, 1.165) is 31.7 Å². The van der Waals surface area contributed by atoms with Gasteiger partial charge in [-0.05, 0) is 31.0 Å². The van der Waals surface area contributed by atoms with Gasteiger partial charge >= 0.3 is 6.18 Å². The summed E-state index contributed by atoms with van der Waals surface area (Å²) in [5.41, 5.74) is -0.514. The molecular formula is C14H17ClF3NO. The maximum atomic E-state index is 12.8. The Bertz CT molecular complexity index is 464. The number of benzene rings is 1. The molecule has 0 spiro atoms. The molecule has 20 heavy (non-hydrogen) atoms. The predicted molar refractivity (Wildman–Crippen MR) is 73.0 cm³/mol. The molecule has 0 bridgehead atoms. The Morgan fingerprint density at radius 3 is 2.55 bits per heavy atom. The van der Waals surface area contributed by atoms with Gasteiger partial charge in [0.15, 0.2) is 0 Å². The maximum Gasteiger partial charge on any atom is 0.417 e. The summed E-state index contributed by atoms with van der Waals surface area (Å²) in [5, 5.41) is 12.7. The fourth-order valence-electron chi connectivity index (χ4n) is 2.50. The molecule has 0 radical (unpaired) electrons. The SMILES string of the molecule is OC1CCCCCC1Nc1ccc(Cl)c(C(F)(F)F)c1. The van der Waals surface area contributed by atoms with Gasteiger partial charge in [0.2, 0.25) is 0 Å². The largest absolute Gasteiger partial charge is 0.417 e. The van der Waals surface area contributed by atoms with E-state index in [1.54, 1.807) is 0 Å². The van der Waals surface area contributed by atoms with Crippen molar-refractivity contribution in [1.82, 2.24) is 0 Å². The molecule has 1 aliphatic carbocycles. The van der Waals surface area contributed by atoms with Crippen LogP contribution in [-0.2, 0) is 6.18 Å². The molecule has 1 aromatic rings. The lowest BCUT2D eigenvalue weighted by atomic mass is 10.1. The molecule has 1 aliphatic rings. The van der Waals surface area contributed by atoms with Gasteiger partial charge in [-0.15, -0.1) is 0 Å². The first-order valence-electron chi connectivity index (χ1n) is 6.69. The highest BCUT2D eigenvalue weighted by Crippen LogP contribution is 2.36. The summed E-state index contributed by atoms with van der Waals surface area (Å²) in [6.07, 6.45) is -0.604. The van der Waals surface area contributed by atoms with Gasteiger partial charge in [-0.3, -0.25) is 0 Å². The second kappa shape index (κ2) is 6.22. The van der Waals surface area contributed by atoms with Gasteiger partial charge in [-0.1, -0.05) is 30.9 Å². The zero-order chi connectivity index (χ0) is 14.8. The van der Waals surface area contributed by atoms with Crippen molar-refractivity contribution < 1.29 is 18.3 Å². The molecule has 0 heterocycles. The van der Waals surface area contributed by atoms with E-state index in [1.165, 1.54) is 12.1 Å². The first kappa shape index (κ1) is 15.4. The van der Waals surface area contributed by atoms with Gasteiger partial charge in [-0.25, -0.2) is 0 Å². The number of rotatable bonds is 2. The van der Waals surface area contributed by atoms with Crippen molar-refractivity contribution in [3.63, 3.8) is 0 Å². The van der Waals surface area contributed by atoms with Crippen molar-refractivity contribution in [1.29, 1.82) is 0 Å². The van der Waals surface area contributed by atoms with Crippen LogP contribution in [0.5, 0.6) is 0 Å². The third kappa shape index (κ3) is 3.79. The van der Waals surface area contributed by atoms with Crippen molar-refractivity contribution in [3.8, 4) is 0 Å². The van der Waals surface area contributed by atoms with Crippen LogP contribution in [0.4, 0.5) is 18.9 Å². The van der Waals surface area contributed by atoms with E-state index < -0.39 is 17.8 Å². The Balaban J connectivity index is 2.17. The minimum Gasteiger partial charge on any atom is -0.391 e. The van der Waals surface area contributed by atoms with Crippen LogP contribution in [0.1, 0.15) is 37.7 Å². The van der Waals surface area contributed by atoms with Gasteiger partial charge < -0.3 is 10.4 Å². The summed E-state index contributed by atoms with van der Waals surface area (Å²) in [5.74, 6) is 0. The average Bonchev–Trinajstić information content (AvgIpc) is 2.56. The summed E-state index contributed by atoms with van der Waals surface area (Å²) in [4.78, 5) is 0. The Hall–Kier alpha value is -0.940. The van der Waals surface area contributed by atoms with Crippen molar-refractivity contribution in [2.75, 3.05) is 5.32 Å². The van der Waals surface area contributed by atoms with E-state index in [1.807, 2.05) is 0 Å². The maximum absolute atomic E-state index is 12.8. The highest BCUT2D eigenvalue weighted by molar-refractivity contribution is 6.31. The number of hydrogen-bond donors (Lipinski definition) is 2. The smallest absolute Gasteiger partial charge is 0.391 e. The molecule has 0 saturated heterocycles. The molecule has 0 aliphatic heterocycles. The second-order valence-corrected chi connectivity index (χ2v) is 5.56. The summed E-state index contributed by atoms with van der Waals surface area (Å²) < 4.78 is 38.4. The van der Waals surface area contributed by atoms with Gasteiger partial charge in [0.1, 0.15) is 0 Å². The van der Waals surface area contributed by atoms with Gasteiger partial charge in [0.05, 0.1) is 22.7 Å². The molecule has 0 amide bonds. The van der Waals surface area contributed by atoms with Crippen LogP contribution < -0.4 is 5.32 Å². The Morgan fingerprint density at radius 1 is 1.15 bits per heavy atom. The quantitative estimate of drug-likeness (QED) is 0.790. The van der Waals surface area contributed by atoms with Crippen LogP contribution >= 0.6 is 11.6 Å². The minimum atomic E-state index is -4.48. The minimum absolute atomic E-state index is 0.209. The second-order valence-electron chi connectivity index (χ2n) is 5.15. The molecule has 2 nitrogen and oxygen atoms in total. The van der Waals surface area contributed by atoms with E-state index in [2.05, 4.69) is 5.32 Å². The molecule has 6 heteroatoms. The molecule has 0 aromatic heterocycles. The van der Waals surface area contributed by atoms with E-state index in [4.69, 9.17) is 11.6 Å². The monoisotopic (exact) mass is 307 g/mol. The molecule has 1 aromatic carbocycles. The number of halogens is 4. The van der Waals surface area contributed by atoms with E-state index in [-0.39, 0.29) is 11.1 Å². The van der Waals surface area contributed by atoms with Crippen LogP contribution in [-0.4, -0.2) is 17.3 Å². The predicted octanol–water partition coefficient (Wildman–Crippen LogP) is 4.46. The Morgan fingerprint density at radius 2 is 1.85 bits per heavy atom.